The van der Waals surface area contributed by atoms with Gasteiger partial charge in [0.15, 0.2) is 0 Å². The van der Waals surface area contributed by atoms with Crippen molar-refractivity contribution in [2.45, 2.75) is 25.4 Å². The Hall–Kier alpha value is -1.01. The highest BCUT2D eigenvalue weighted by molar-refractivity contribution is 7.99. The quantitative estimate of drug-likeness (QED) is 0.772. The Bertz CT molecular complexity index is 425. The van der Waals surface area contributed by atoms with Crippen LogP contribution in [0, 0.1) is 0 Å². The number of hydrogen-bond donors (Lipinski definition) is 2. The van der Waals surface area contributed by atoms with E-state index in [1.54, 1.807) is 6.33 Å². The number of carbonyl (C=O) groups is 1. The SMILES string of the molecule is O=C(C1Cc2nc[nH]c2CN1)N1CCCSCC1. The highest BCUT2D eigenvalue weighted by Gasteiger charge is 2.29. The third-order valence-electron chi connectivity index (χ3n) is 3.56. The normalized spacial score (nSPS) is 24.4. The molecular formula is C12H18N4OS. The molecule has 3 rings (SSSR count). The third-order valence-corrected chi connectivity index (χ3v) is 4.61. The van der Waals surface area contributed by atoms with Gasteiger partial charge in [0.1, 0.15) is 0 Å². The van der Waals surface area contributed by atoms with Crippen molar-refractivity contribution in [1.82, 2.24) is 20.2 Å². The zero-order valence-electron chi connectivity index (χ0n) is 10.3. The average molecular weight is 266 g/mol. The molecule has 0 spiro atoms. The number of imidazole rings is 1. The number of nitrogens with zero attached hydrogens (tertiary/aromatic N) is 2. The maximum Gasteiger partial charge on any atom is 0.240 e. The van der Waals surface area contributed by atoms with Crippen molar-refractivity contribution in [1.29, 1.82) is 0 Å². The maximum absolute atomic E-state index is 12.5. The summed E-state index contributed by atoms with van der Waals surface area (Å²) in [5.74, 6) is 2.48. The van der Waals surface area contributed by atoms with Crippen LogP contribution in [0.25, 0.3) is 0 Å². The average Bonchev–Trinajstić information content (AvgIpc) is 2.69. The van der Waals surface area contributed by atoms with Gasteiger partial charge in [0, 0.05) is 31.8 Å². The fourth-order valence-electron chi connectivity index (χ4n) is 2.53. The van der Waals surface area contributed by atoms with Crippen LogP contribution in [0.2, 0.25) is 0 Å². The molecule has 0 bridgehead atoms. The summed E-state index contributed by atoms with van der Waals surface area (Å²) in [6.07, 6.45) is 3.53. The molecule has 0 saturated carbocycles. The monoisotopic (exact) mass is 266 g/mol. The van der Waals surface area contributed by atoms with E-state index >= 15 is 0 Å². The molecule has 18 heavy (non-hydrogen) atoms. The summed E-state index contributed by atoms with van der Waals surface area (Å²) in [6, 6.07) is -0.0936. The predicted molar refractivity (Wildman–Crippen MR) is 71.4 cm³/mol. The lowest BCUT2D eigenvalue weighted by molar-refractivity contribution is -0.133. The number of hydrogen-bond acceptors (Lipinski definition) is 4. The van der Waals surface area contributed by atoms with Gasteiger partial charge in [-0.05, 0) is 12.2 Å². The van der Waals surface area contributed by atoms with E-state index in [4.69, 9.17) is 0 Å². The second kappa shape index (κ2) is 5.32. The number of fused-ring (bicyclic) bond motifs is 1. The molecule has 1 amide bonds. The van der Waals surface area contributed by atoms with Crippen molar-refractivity contribution in [2.24, 2.45) is 0 Å². The molecule has 1 aromatic heterocycles. The van der Waals surface area contributed by atoms with E-state index in [1.807, 2.05) is 16.7 Å². The molecule has 6 heteroatoms. The molecule has 2 N–H and O–H groups in total. The van der Waals surface area contributed by atoms with Crippen LogP contribution in [0.1, 0.15) is 17.8 Å². The van der Waals surface area contributed by atoms with E-state index in [0.717, 1.165) is 36.7 Å². The lowest BCUT2D eigenvalue weighted by Crippen LogP contribution is -2.50. The first kappa shape index (κ1) is 12.0. The van der Waals surface area contributed by atoms with Crippen LogP contribution in [0.4, 0.5) is 0 Å². The van der Waals surface area contributed by atoms with Crippen molar-refractivity contribution < 1.29 is 4.79 Å². The van der Waals surface area contributed by atoms with Gasteiger partial charge in [-0.2, -0.15) is 11.8 Å². The summed E-state index contributed by atoms with van der Waals surface area (Å²) in [5.41, 5.74) is 2.15. The van der Waals surface area contributed by atoms with Gasteiger partial charge in [0.25, 0.3) is 0 Å². The van der Waals surface area contributed by atoms with Crippen LogP contribution in [-0.2, 0) is 17.8 Å². The number of aromatic nitrogens is 2. The Morgan fingerprint density at radius 3 is 3.33 bits per heavy atom. The molecule has 5 nitrogen and oxygen atoms in total. The molecule has 3 heterocycles. The summed E-state index contributed by atoms with van der Waals surface area (Å²) in [7, 11) is 0. The first-order chi connectivity index (χ1) is 8.84. The number of aromatic amines is 1. The van der Waals surface area contributed by atoms with E-state index in [-0.39, 0.29) is 11.9 Å². The standard InChI is InChI=1S/C12H18N4OS/c17-12(16-2-1-4-18-5-3-16)10-6-9-11(7-13-10)15-8-14-9/h8,10,13H,1-7H2,(H,14,15). The van der Waals surface area contributed by atoms with Crippen LogP contribution in [-0.4, -0.2) is 51.4 Å². The number of thioether (sulfide) groups is 1. The van der Waals surface area contributed by atoms with Crippen LogP contribution >= 0.6 is 11.8 Å². The van der Waals surface area contributed by atoms with Gasteiger partial charge in [-0.3, -0.25) is 10.1 Å². The van der Waals surface area contributed by atoms with Crippen LogP contribution < -0.4 is 5.32 Å². The van der Waals surface area contributed by atoms with Crippen LogP contribution in [0.5, 0.6) is 0 Å². The number of rotatable bonds is 1. The summed E-state index contributed by atoms with van der Waals surface area (Å²) in [4.78, 5) is 21.9. The second-order valence-corrected chi connectivity index (χ2v) is 5.98. The maximum atomic E-state index is 12.5. The Morgan fingerprint density at radius 2 is 2.39 bits per heavy atom. The molecular weight excluding hydrogens is 248 g/mol. The zero-order chi connectivity index (χ0) is 12.4. The fraction of sp³-hybridized carbons (Fsp3) is 0.667. The molecule has 2 aliphatic heterocycles. The van der Waals surface area contributed by atoms with Crippen LogP contribution in [0.15, 0.2) is 6.33 Å². The highest BCUT2D eigenvalue weighted by Crippen LogP contribution is 2.16. The van der Waals surface area contributed by atoms with Gasteiger partial charge >= 0.3 is 0 Å². The predicted octanol–water partition coefficient (Wildman–Crippen LogP) is 0.389. The minimum atomic E-state index is -0.0936. The molecule has 1 fully saturated rings. The van der Waals surface area contributed by atoms with Gasteiger partial charge in [0.2, 0.25) is 5.91 Å². The number of H-pyrrole nitrogens is 1. The van der Waals surface area contributed by atoms with Crippen molar-refractivity contribution in [3.63, 3.8) is 0 Å². The topological polar surface area (TPSA) is 61.0 Å². The van der Waals surface area contributed by atoms with E-state index in [0.29, 0.717) is 13.0 Å². The third kappa shape index (κ3) is 2.40. The number of nitrogens with one attached hydrogen (secondary N) is 2. The molecule has 0 aromatic carbocycles. The van der Waals surface area contributed by atoms with Gasteiger partial charge in [-0.25, -0.2) is 4.98 Å². The van der Waals surface area contributed by atoms with Crippen molar-refractivity contribution in [3.8, 4) is 0 Å². The van der Waals surface area contributed by atoms with E-state index in [2.05, 4.69) is 15.3 Å². The minimum absolute atomic E-state index is 0.0936. The molecule has 0 radical (unpaired) electrons. The lowest BCUT2D eigenvalue weighted by atomic mass is 10.0. The Labute approximate surface area is 111 Å². The van der Waals surface area contributed by atoms with Gasteiger partial charge in [-0.15, -0.1) is 0 Å². The fourth-order valence-corrected chi connectivity index (χ4v) is 3.42. The van der Waals surface area contributed by atoms with Gasteiger partial charge in [0.05, 0.1) is 23.8 Å². The van der Waals surface area contributed by atoms with E-state index in [1.165, 1.54) is 5.75 Å². The summed E-state index contributed by atoms with van der Waals surface area (Å²) >= 11 is 1.94. The molecule has 0 aliphatic carbocycles. The smallest absolute Gasteiger partial charge is 0.240 e. The molecule has 1 aromatic rings. The Morgan fingerprint density at radius 1 is 1.44 bits per heavy atom. The Kier molecular flexibility index (Phi) is 3.56. The van der Waals surface area contributed by atoms with Crippen molar-refractivity contribution in [2.75, 3.05) is 24.6 Å². The van der Waals surface area contributed by atoms with Crippen molar-refractivity contribution in [3.05, 3.63) is 17.7 Å². The summed E-state index contributed by atoms with van der Waals surface area (Å²) < 4.78 is 0. The first-order valence-electron chi connectivity index (χ1n) is 6.45. The van der Waals surface area contributed by atoms with Crippen LogP contribution in [0.3, 0.4) is 0 Å². The van der Waals surface area contributed by atoms with Crippen molar-refractivity contribution >= 4 is 17.7 Å². The first-order valence-corrected chi connectivity index (χ1v) is 7.61. The van der Waals surface area contributed by atoms with E-state index < -0.39 is 0 Å². The summed E-state index contributed by atoms with van der Waals surface area (Å²) in [6.45, 7) is 2.50. The molecule has 1 saturated heterocycles. The number of amides is 1. The Balaban J connectivity index is 1.66. The largest absolute Gasteiger partial charge is 0.347 e. The van der Waals surface area contributed by atoms with Gasteiger partial charge in [-0.1, -0.05) is 0 Å². The second-order valence-electron chi connectivity index (χ2n) is 4.76. The lowest BCUT2D eigenvalue weighted by Gasteiger charge is -2.28. The molecule has 98 valence electrons. The molecule has 1 atom stereocenters. The number of carbonyl (C=O) groups excluding carboxylic acids is 1. The minimum Gasteiger partial charge on any atom is -0.347 e. The zero-order valence-corrected chi connectivity index (χ0v) is 11.1. The highest BCUT2D eigenvalue weighted by atomic mass is 32.2. The van der Waals surface area contributed by atoms with Gasteiger partial charge < -0.3 is 9.88 Å². The molecule has 2 aliphatic rings. The van der Waals surface area contributed by atoms with E-state index in [9.17, 15) is 4.79 Å². The molecule has 1 unspecified atom stereocenters. The summed E-state index contributed by atoms with van der Waals surface area (Å²) in [5, 5.41) is 3.31.